The van der Waals surface area contributed by atoms with E-state index in [1.54, 1.807) is 0 Å². The topological polar surface area (TPSA) is 22.1 Å². The molecule has 1 radical (unpaired) electrons. The van der Waals surface area contributed by atoms with Crippen molar-refractivity contribution in [1.29, 1.82) is 0 Å². The maximum Gasteiger partial charge on any atom is 0.387 e. The SMILES string of the molecule is Fc1cnc(-c2ccc[c]c2OC(F)F)c(F)c1. The van der Waals surface area contributed by atoms with Crippen molar-refractivity contribution in [2.24, 2.45) is 0 Å². The van der Waals surface area contributed by atoms with Crippen LogP contribution in [0.5, 0.6) is 5.75 Å². The van der Waals surface area contributed by atoms with Crippen molar-refractivity contribution >= 4 is 0 Å². The number of ether oxygens (including phenoxy) is 1. The van der Waals surface area contributed by atoms with Crippen LogP contribution in [0.4, 0.5) is 17.6 Å². The standard InChI is InChI=1S/C12H6F4NO/c13-7-5-9(14)11(17-6-7)8-3-1-2-4-10(8)18-12(15)16/h1-3,5-6,12H. The molecule has 1 aromatic carbocycles. The van der Waals surface area contributed by atoms with Crippen molar-refractivity contribution in [2.45, 2.75) is 6.61 Å². The molecule has 1 aromatic heterocycles. The largest absolute Gasteiger partial charge is 0.433 e. The molecule has 0 bridgehead atoms. The zero-order chi connectivity index (χ0) is 13.1. The van der Waals surface area contributed by atoms with Gasteiger partial charge in [0.1, 0.15) is 17.3 Å². The summed E-state index contributed by atoms with van der Waals surface area (Å²) >= 11 is 0. The maximum atomic E-state index is 13.5. The Morgan fingerprint density at radius 2 is 2.06 bits per heavy atom. The van der Waals surface area contributed by atoms with Crippen molar-refractivity contribution in [3.8, 4) is 17.0 Å². The minimum atomic E-state index is -3.06. The highest BCUT2D eigenvalue weighted by Gasteiger charge is 2.15. The smallest absolute Gasteiger partial charge is 0.387 e. The molecule has 0 atom stereocenters. The van der Waals surface area contributed by atoms with E-state index in [0.29, 0.717) is 6.07 Å². The molecule has 2 rings (SSSR count). The lowest BCUT2D eigenvalue weighted by Gasteiger charge is -2.10. The Kier molecular flexibility index (Phi) is 3.45. The van der Waals surface area contributed by atoms with Gasteiger partial charge in [0.05, 0.1) is 6.20 Å². The van der Waals surface area contributed by atoms with Gasteiger partial charge in [0, 0.05) is 17.7 Å². The van der Waals surface area contributed by atoms with E-state index in [-0.39, 0.29) is 17.0 Å². The second kappa shape index (κ2) is 5.03. The highest BCUT2D eigenvalue weighted by molar-refractivity contribution is 5.67. The molecular weight excluding hydrogens is 250 g/mol. The fraction of sp³-hybridized carbons (Fsp3) is 0.0833. The van der Waals surface area contributed by atoms with Crippen molar-refractivity contribution < 1.29 is 22.3 Å². The highest BCUT2D eigenvalue weighted by atomic mass is 19.3. The first-order valence-electron chi connectivity index (χ1n) is 4.85. The average Bonchev–Trinajstić information content (AvgIpc) is 2.30. The first-order valence-corrected chi connectivity index (χ1v) is 4.85. The number of rotatable bonds is 3. The van der Waals surface area contributed by atoms with Crippen LogP contribution in [-0.4, -0.2) is 11.6 Å². The van der Waals surface area contributed by atoms with Crippen LogP contribution < -0.4 is 4.74 Å². The lowest BCUT2D eigenvalue weighted by atomic mass is 10.1. The van der Waals surface area contributed by atoms with Crippen molar-refractivity contribution in [1.82, 2.24) is 4.98 Å². The summed E-state index contributed by atoms with van der Waals surface area (Å²) in [6.45, 7) is -3.06. The summed E-state index contributed by atoms with van der Waals surface area (Å²) in [5.41, 5.74) is -0.292. The summed E-state index contributed by atoms with van der Waals surface area (Å²) in [6, 6.07) is 7.14. The number of benzene rings is 1. The number of hydrogen-bond acceptors (Lipinski definition) is 2. The van der Waals surface area contributed by atoms with Crippen LogP contribution in [0.1, 0.15) is 0 Å². The summed E-state index contributed by atoms with van der Waals surface area (Å²) in [6.07, 6.45) is 0.789. The molecule has 1 heterocycles. The zero-order valence-electron chi connectivity index (χ0n) is 8.83. The average molecular weight is 256 g/mol. The number of hydrogen-bond donors (Lipinski definition) is 0. The van der Waals surface area contributed by atoms with E-state index in [1.807, 2.05) is 0 Å². The number of halogens is 4. The molecule has 2 nitrogen and oxygen atoms in total. The van der Waals surface area contributed by atoms with Crippen LogP contribution in [0, 0.1) is 17.7 Å². The molecule has 0 amide bonds. The Morgan fingerprint density at radius 3 is 2.72 bits per heavy atom. The minimum absolute atomic E-state index is 0.0182. The van der Waals surface area contributed by atoms with E-state index in [0.717, 1.165) is 6.20 Å². The number of nitrogens with zero attached hydrogens (tertiary/aromatic N) is 1. The summed E-state index contributed by atoms with van der Waals surface area (Å²) in [5, 5.41) is 0. The Labute approximate surface area is 99.8 Å². The summed E-state index contributed by atoms with van der Waals surface area (Å²) < 4.78 is 54.7. The van der Waals surface area contributed by atoms with Crippen LogP contribution in [0.3, 0.4) is 0 Å². The first kappa shape index (κ1) is 12.3. The van der Waals surface area contributed by atoms with Gasteiger partial charge in [-0.2, -0.15) is 8.78 Å². The molecule has 0 aliphatic heterocycles. The third-order valence-electron chi connectivity index (χ3n) is 2.09. The van der Waals surface area contributed by atoms with Gasteiger partial charge in [0.15, 0.2) is 5.82 Å². The van der Waals surface area contributed by atoms with Crippen molar-refractivity contribution in [3.05, 3.63) is 48.2 Å². The van der Waals surface area contributed by atoms with Crippen molar-refractivity contribution in [2.75, 3.05) is 0 Å². The second-order valence-electron chi connectivity index (χ2n) is 3.28. The van der Waals surface area contributed by atoms with Gasteiger partial charge < -0.3 is 4.74 Å². The second-order valence-corrected chi connectivity index (χ2v) is 3.28. The van der Waals surface area contributed by atoms with E-state index in [1.165, 1.54) is 18.2 Å². The van der Waals surface area contributed by atoms with Gasteiger partial charge in [-0.3, -0.25) is 0 Å². The van der Waals surface area contributed by atoms with Gasteiger partial charge in [-0.25, -0.2) is 13.8 Å². The van der Waals surface area contributed by atoms with E-state index in [9.17, 15) is 17.6 Å². The fourth-order valence-electron chi connectivity index (χ4n) is 1.41. The monoisotopic (exact) mass is 256 g/mol. The molecule has 0 unspecified atom stereocenters. The maximum absolute atomic E-state index is 13.5. The molecule has 0 spiro atoms. The van der Waals surface area contributed by atoms with Crippen molar-refractivity contribution in [3.63, 3.8) is 0 Å². The summed E-state index contributed by atoms with van der Waals surface area (Å²) in [5.74, 6) is -2.16. The molecule has 0 saturated heterocycles. The number of pyridine rings is 1. The Bertz CT molecular complexity index is 560. The lowest BCUT2D eigenvalue weighted by molar-refractivity contribution is -0.0496. The molecule has 6 heteroatoms. The fourth-order valence-corrected chi connectivity index (χ4v) is 1.41. The van der Waals surface area contributed by atoms with Gasteiger partial charge in [-0.05, 0) is 6.07 Å². The molecule has 0 N–H and O–H groups in total. The minimum Gasteiger partial charge on any atom is -0.433 e. The number of alkyl halides is 2. The van der Waals surface area contributed by atoms with Gasteiger partial charge in [-0.1, -0.05) is 12.1 Å². The third kappa shape index (κ3) is 2.58. The number of aromatic nitrogens is 1. The third-order valence-corrected chi connectivity index (χ3v) is 2.09. The zero-order valence-corrected chi connectivity index (χ0v) is 8.83. The number of para-hydroxylation sites is 1. The molecule has 0 saturated carbocycles. The molecule has 93 valence electrons. The summed E-state index contributed by atoms with van der Waals surface area (Å²) in [7, 11) is 0. The normalized spacial score (nSPS) is 10.7. The molecule has 0 fully saturated rings. The van der Waals surface area contributed by atoms with E-state index in [2.05, 4.69) is 15.8 Å². The quantitative estimate of drug-likeness (QED) is 0.785. The van der Waals surface area contributed by atoms with E-state index in [4.69, 9.17) is 0 Å². The first-order chi connectivity index (χ1) is 8.58. The highest BCUT2D eigenvalue weighted by Crippen LogP contribution is 2.30. The van der Waals surface area contributed by atoms with Crippen LogP contribution in [0.2, 0.25) is 0 Å². The predicted molar refractivity (Wildman–Crippen MR) is 55.1 cm³/mol. The van der Waals surface area contributed by atoms with Crippen LogP contribution >= 0.6 is 0 Å². The van der Waals surface area contributed by atoms with Crippen LogP contribution in [0.15, 0.2) is 30.5 Å². The molecule has 0 aliphatic carbocycles. The Hall–Kier alpha value is -2.11. The van der Waals surface area contributed by atoms with Gasteiger partial charge in [-0.15, -0.1) is 0 Å². The van der Waals surface area contributed by atoms with Gasteiger partial charge in [0.25, 0.3) is 0 Å². The van der Waals surface area contributed by atoms with E-state index < -0.39 is 18.2 Å². The molecular formula is C12H6F4NO. The molecule has 2 aromatic rings. The summed E-state index contributed by atoms with van der Waals surface area (Å²) in [4.78, 5) is 3.52. The van der Waals surface area contributed by atoms with Gasteiger partial charge >= 0.3 is 6.61 Å². The van der Waals surface area contributed by atoms with Gasteiger partial charge in [0.2, 0.25) is 0 Å². The lowest BCUT2D eigenvalue weighted by Crippen LogP contribution is -2.04. The van der Waals surface area contributed by atoms with Crippen LogP contribution in [-0.2, 0) is 0 Å². The molecule has 0 aliphatic rings. The predicted octanol–water partition coefficient (Wildman–Crippen LogP) is 3.43. The Morgan fingerprint density at radius 1 is 1.28 bits per heavy atom. The van der Waals surface area contributed by atoms with Crippen LogP contribution in [0.25, 0.3) is 11.3 Å². The molecule has 18 heavy (non-hydrogen) atoms. The Balaban J connectivity index is 2.49. The van der Waals surface area contributed by atoms with E-state index >= 15 is 0 Å².